The van der Waals surface area contributed by atoms with Gasteiger partial charge in [-0.2, -0.15) is 0 Å². The molecule has 0 aromatic heterocycles. The highest BCUT2D eigenvalue weighted by molar-refractivity contribution is 5.80. The number of ether oxygens (including phenoxy) is 3. The van der Waals surface area contributed by atoms with Crippen LogP contribution in [0, 0.1) is 5.82 Å². The molecule has 0 aliphatic heterocycles. The molecule has 0 N–H and O–H groups in total. The zero-order valence-corrected chi connectivity index (χ0v) is 11.8. The third-order valence-corrected chi connectivity index (χ3v) is 2.99. The Morgan fingerprint density at radius 1 is 1.10 bits per heavy atom. The fraction of sp³-hybridized carbons (Fsp3) is 0.188. The van der Waals surface area contributed by atoms with Crippen LogP contribution in [0.1, 0.15) is 15.9 Å². The minimum absolute atomic E-state index is 0.00377. The number of methoxy groups -OCH3 is 2. The van der Waals surface area contributed by atoms with E-state index >= 15 is 0 Å². The molecule has 0 fully saturated rings. The van der Waals surface area contributed by atoms with Gasteiger partial charge in [0, 0.05) is 5.56 Å². The molecular weight excluding hydrogens is 275 g/mol. The second-order valence-electron chi connectivity index (χ2n) is 4.24. The van der Waals surface area contributed by atoms with E-state index in [4.69, 9.17) is 14.2 Å². The van der Waals surface area contributed by atoms with Crippen molar-refractivity contribution in [1.82, 2.24) is 0 Å². The van der Waals surface area contributed by atoms with Crippen LogP contribution in [-0.2, 0) is 6.61 Å². The number of carbonyl (C=O) groups excluding carboxylic acids is 1. The zero-order valence-electron chi connectivity index (χ0n) is 11.8. The van der Waals surface area contributed by atoms with Crippen molar-refractivity contribution in [3.8, 4) is 17.2 Å². The minimum atomic E-state index is -0.471. The Bertz CT molecular complexity index is 640. The first kappa shape index (κ1) is 14.8. The van der Waals surface area contributed by atoms with E-state index < -0.39 is 5.82 Å². The summed E-state index contributed by atoms with van der Waals surface area (Å²) < 4.78 is 29.4. The molecule has 5 heteroatoms. The van der Waals surface area contributed by atoms with Gasteiger partial charge in [0.2, 0.25) is 0 Å². The van der Waals surface area contributed by atoms with Gasteiger partial charge < -0.3 is 14.2 Å². The van der Waals surface area contributed by atoms with Crippen molar-refractivity contribution < 1.29 is 23.4 Å². The molecule has 0 bridgehead atoms. The lowest BCUT2D eigenvalue weighted by Gasteiger charge is -2.11. The van der Waals surface area contributed by atoms with Crippen LogP contribution in [0.25, 0.3) is 0 Å². The van der Waals surface area contributed by atoms with Crippen LogP contribution in [0.4, 0.5) is 4.39 Å². The smallest absolute Gasteiger partial charge is 0.171 e. The highest BCUT2D eigenvalue weighted by Crippen LogP contribution is 2.25. The molecule has 0 radical (unpaired) electrons. The molecule has 0 unspecified atom stereocenters. The van der Waals surface area contributed by atoms with Crippen molar-refractivity contribution in [1.29, 1.82) is 0 Å². The molecule has 0 aliphatic rings. The first-order valence-corrected chi connectivity index (χ1v) is 6.27. The van der Waals surface area contributed by atoms with Crippen LogP contribution < -0.4 is 14.2 Å². The SMILES string of the molecule is COc1ccc(OCc2cccc(OC)c2F)c(C=O)c1. The van der Waals surface area contributed by atoms with E-state index in [1.165, 1.54) is 20.3 Å². The summed E-state index contributed by atoms with van der Waals surface area (Å²) in [6.07, 6.45) is 0.666. The number of hydrogen-bond donors (Lipinski definition) is 0. The summed E-state index contributed by atoms with van der Waals surface area (Å²) in [5, 5.41) is 0. The third kappa shape index (κ3) is 3.31. The average Bonchev–Trinajstić information content (AvgIpc) is 2.53. The van der Waals surface area contributed by atoms with Gasteiger partial charge >= 0.3 is 0 Å². The van der Waals surface area contributed by atoms with Crippen LogP contribution in [0.5, 0.6) is 17.2 Å². The molecule has 4 nitrogen and oxygen atoms in total. The maximum absolute atomic E-state index is 14.0. The summed E-state index contributed by atoms with van der Waals surface area (Å²) in [6, 6.07) is 9.65. The predicted octanol–water partition coefficient (Wildman–Crippen LogP) is 3.23. The van der Waals surface area contributed by atoms with E-state index in [1.807, 2.05) is 0 Å². The van der Waals surface area contributed by atoms with Crippen LogP contribution >= 0.6 is 0 Å². The second kappa shape index (κ2) is 6.74. The first-order valence-electron chi connectivity index (χ1n) is 6.27. The maximum Gasteiger partial charge on any atom is 0.171 e. The molecule has 0 amide bonds. The van der Waals surface area contributed by atoms with Gasteiger partial charge in [-0.15, -0.1) is 0 Å². The van der Waals surface area contributed by atoms with Crippen LogP contribution in [-0.4, -0.2) is 20.5 Å². The summed E-state index contributed by atoms with van der Waals surface area (Å²) in [5.74, 6) is 0.604. The molecular formula is C16H15FO4. The van der Waals surface area contributed by atoms with E-state index in [9.17, 15) is 9.18 Å². The minimum Gasteiger partial charge on any atom is -0.497 e. The van der Waals surface area contributed by atoms with Crippen molar-refractivity contribution >= 4 is 6.29 Å². The number of rotatable bonds is 6. The molecule has 0 atom stereocenters. The Labute approximate surface area is 122 Å². The van der Waals surface area contributed by atoms with E-state index in [2.05, 4.69) is 0 Å². The number of carbonyl (C=O) groups is 1. The van der Waals surface area contributed by atoms with Gasteiger partial charge in [-0.1, -0.05) is 12.1 Å². The van der Waals surface area contributed by atoms with Crippen molar-refractivity contribution in [3.63, 3.8) is 0 Å². The summed E-state index contributed by atoms with van der Waals surface area (Å²) in [4.78, 5) is 11.0. The molecule has 2 aromatic rings. The summed E-state index contributed by atoms with van der Waals surface area (Å²) in [5.41, 5.74) is 0.694. The maximum atomic E-state index is 14.0. The van der Waals surface area contributed by atoms with E-state index in [0.717, 1.165) is 0 Å². The molecule has 2 aromatic carbocycles. The number of hydrogen-bond acceptors (Lipinski definition) is 4. The van der Waals surface area contributed by atoms with Crippen LogP contribution in [0.2, 0.25) is 0 Å². The fourth-order valence-electron chi connectivity index (χ4n) is 1.86. The Balaban J connectivity index is 2.18. The topological polar surface area (TPSA) is 44.8 Å². The Morgan fingerprint density at radius 2 is 1.90 bits per heavy atom. The Morgan fingerprint density at radius 3 is 2.57 bits per heavy atom. The molecule has 21 heavy (non-hydrogen) atoms. The van der Waals surface area contributed by atoms with E-state index in [-0.39, 0.29) is 12.4 Å². The summed E-state index contributed by atoms with van der Waals surface area (Å²) >= 11 is 0. The molecule has 2 rings (SSSR count). The molecule has 0 aliphatic carbocycles. The average molecular weight is 290 g/mol. The zero-order chi connectivity index (χ0) is 15.2. The fourth-order valence-corrected chi connectivity index (χ4v) is 1.86. The lowest BCUT2D eigenvalue weighted by Crippen LogP contribution is -2.02. The highest BCUT2D eigenvalue weighted by Gasteiger charge is 2.10. The first-order chi connectivity index (χ1) is 10.2. The summed E-state index contributed by atoms with van der Waals surface area (Å²) in [6.45, 7) is -0.00377. The number of aldehydes is 1. The van der Waals surface area contributed by atoms with Gasteiger partial charge in [0.15, 0.2) is 17.9 Å². The quantitative estimate of drug-likeness (QED) is 0.766. The van der Waals surface area contributed by atoms with E-state index in [0.29, 0.717) is 28.9 Å². The second-order valence-corrected chi connectivity index (χ2v) is 4.24. The number of benzene rings is 2. The largest absolute Gasteiger partial charge is 0.497 e. The molecule has 0 saturated carbocycles. The number of halogens is 1. The van der Waals surface area contributed by atoms with Crippen molar-refractivity contribution in [2.75, 3.05) is 14.2 Å². The predicted molar refractivity (Wildman–Crippen MR) is 75.7 cm³/mol. The molecule has 110 valence electrons. The molecule has 0 saturated heterocycles. The Hall–Kier alpha value is -2.56. The normalized spacial score (nSPS) is 10.0. The van der Waals surface area contributed by atoms with Gasteiger partial charge in [0.05, 0.1) is 19.8 Å². The highest BCUT2D eigenvalue weighted by atomic mass is 19.1. The molecule has 0 spiro atoms. The lowest BCUT2D eigenvalue weighted by molar-refractivity contribution is 0.111. The van der Waals surface area contributed by atoms with Gasteiger partial charge in [0.1, 0.15) is 18.1 Å². The van der Waals surface area contributed by atoms with Crippen molar-refractivity contribution in [2.24, 2.45) is 0 Å². The van der Waals surface area contributed by atoms with Gasteiger partial charge in [-0.3, -0.25) is 4.79 Å². The van der Waals surface area contributed by atoms with Crippen molar-refractivity contribution in [2.45, 2.75) is 6.61 Å². The van der Waals surface area contributed by atoms with Gasteiger partial charge in [-0.25, -0.2) is 4.39 Å². The van der Waals surface area contributed by atoms with Crippen molar-refractivity contribution in [3.05, 3.63) is 53.3 Å². The standard InChI is InChI=1S/C16H15FO4/c1-19-13-6-7-14(12(8-13)9-18)21-10-11-4-3-5-15(20-2)16(11)17/h3-9H,10H2,1-2H3. The van der Waals surface area contributed by atoms with Gasteiger partial charge in [0.25, 0.3) is 0 Å². The monoisotopic (exact) mass is 290 g/mol. The Kier molecular flexibility index (Phi) is 4.77. The van der Waals surface area contributed by atoms with E-state index in [1.54, 1.807) is 30.3 Å². The lowest BCUT2D eigenvalue weighted by atomic mass is 10.2. The van der Waals surface area contributed by atoms with Gasteiger partial charge in [-0.05, 0) is 24.3 Å². The third-order valence-electron chi connectivity index (χ3n) is 2.99. The summed E-state index contributed by atoms with van der Waals surface area (Å²) in [7, 11) is 2.91. The van der Waals surface area contributed by atoms with Crippen LogP contribution in [0.15, 0.2) is 36.4 Å². The van der Waals surface area contributed by atoms with Crippen LogP contribution in [0.3, 0.4) is 0 Å². The molecule has 0 heterocycles.